The third kappa shape index (κ3) is 5.56. The summed E-state index contributed by atoms with van der Waals surface area (Å²) in [5, 5.41) is 19.2. The van der Waals surface area contributed by atoms with Gasteiger partial charge in [-0.15, -0.1) is 0 Å². The van der Waals surface area contributed by atoms with Gasteiger partial charge in [-0.2, -0.15) is 0 Å². The predicted octanol–water partition coefficient (Wildman–Crippen LogP) is 2.09. The molecule has 74 valence electrons. The lowest BCUT2D eigenvalue weighted by Crippen LogP contribution is -2.29. The van der Waals surface area contributed by atoms with E-state index in [1.807, 2.05) is 13.8 Å². The fourth-order valence-corrected chi connectivity index (χ4v) is 1.58. The molecule has 0 amide bonds. The van der Waals surface area contributed by atoms with Crippen molar-refractivity contribution >= 4 is 0 Å². The molecule has 0 saturated heterocycles. The maximum Gasteiger partial charge on any atom is 0.0644 e. The number of aliphatic hydroxyl groups is 2. The van der Waals surface area contributed by atoms with Crippen molar-refractivity contribution in [2.45, 2.75) is 64.6 Å². The molecule has 0 radical (unpaired) electrons. The average Bonchev–Trinajstić information content (AvgIpc) is 1.85. The Kier molecular flexibility index (Phi) is 5.51. The minimum Gasteiger partial charge on any atom is -0.393 e. The van der Waals surface area contributed by atoms with E-state index in [1.54, 1.807) is 6.92 Å². The van der Waals surface area contributed by atoms with Gasteiger partial charge in [0.2, 0.25) is 0 Å². The molecule has 2 nitrogen and oxygen atoms in total. The zero-order valence-corrected chi connectivity index (χ0v) is 8.51. The van der Waals surface area contributed by atoms with E-state index in [-0.39, 0.29) is 6.10 Å². The van der Waals surface area contributed by atoms with Gasteiger partial charge in [-0.3, -0.25) is 0 Å². The van der Waals surface area contributed by atoms with Crippen LogP contribution in [0, 0.1) is 0 Å². The van der Waals surface area contributed by atoms with Gasteiger partial charge in [0, 0.05) is 6.42 Å². The number of hydrogen-bond donors (Lipinski definition) is 2. The highest BCUT2D eigenvalue weighted by atomic mass is 16.3. The molecule has 12 heavy (non-hydrogen) atoms. The Bertz CT molecular complexity index is 110. The van der Waals surface area contributed by atoms with Gasteiger partial charge >= 0.3 is 0 Å². The van der Waals surface area contributed by atoms with E-state index in [0.717, 1.165) is 25.7 Å². The second-order valence-corrected chi connectivity index (χ2v) is 3.89. The molecule has 0 aliphatic rings. The minimum absolute atomic E-state index is 0.337. The molecule has 0 aliphatic heterocycles. The van der Waals surface area contributed by atoms with Crippen molar-refractivity contribution in [3.63, 3.8) is 0 Å². The quantitative estimate of drug-likeness (QED) is 0.647. The summed E-state index contributed by atoms with van der Waals surface area (Å²) in [5.41, 5.74) is -0.677. The largest absolute Gasteiger partial charge is 0.393 e. The monoisotopic (exact) mass is 174 g/mol. The number of aliphatic hydroxyl groups excluding tert-OH is 1. The van der Waals surface area contributed by atoms with Crippen LogP contribution in [-0.2, 0) is 0 Å². The Morgan fingerprint density at radius 2 is 1.83 bits per heavy atom. The van der Waals surface area contributed by atoms with Gasteiger partial charge in [0.05, 0.1) is 11.7 Å². The lowest BCUT2D eigenvalue weighted by Gasteiger charge is -2.25. The molecule has 0 aromatic carbocycles. The van der Waals surface area contributed by atoms with Crippen LogP contribution in [0.2, 0.25) is 0 Å². The fraction of sp³-hybridized carbons (Fsp3) is 1.00. The summed E-state index contributed by atoms with van der Waals surface area (Å²) in [6, 6.07) is 0. The zero-order chi connectivity index (χ0) is 9.61. The normalized spacial score (nSPS) is 18.8. The Balaban J connectivity index is 3.70. The van der Waals surface area contributed by atoms with Crippen LogP contribution in [0.5, 0.6) is 0 Å². The van der Waals surface area contributed by atoms with Gasteiger partial charge < -0.3 is 10.2 Å². The van der Waals surface area contributed by atoms with E-state index >= 15 is 0 Å². The highest BCUT2D eigenvalue weighted by molar-refractivity contribution is 4.75. The Hall–Kier alpha value is -0.0800. The van der Waals surface area contributed by atoms with Gasteiger partial charge in [0.15, 0.2) is 0 Å². The standard InChI is InChI=1S/C10H22O2/c1-4-6-9(11)8-10(3,12)7-5-2/h9,11-12H,4-8H2,1-3H3. The van der Waals surface area contributed by atoms with E-state index < -0.39 is 5.60 Å². The fourth-order valence-electron chi connectivity index (χ4n) is 1.58. The summed E-state index contributed by atoms with van der Waals surface area (Å²) in [4.78, 5) is 0. The van der Waals surface area contributed by atoms with Crippen LogP contribution in [0.1, 0.15) is 52.9 Å². The van der Waals surface area contributed by atoms with Crippen LogP contribution in [0.25, 0.3) is 0 Å². The first kappa shape index (κ1) is 11.9. The van der Waals surface area contributed by atoms with Crippen LogP contribution >= 0.6 is 0 Å². The molecular formula is C10H22O2. The van der Waals surface area contributed by atoms with Crippen molar-refractivity contribution in [1.82, 2.24) is 0 Å². The van der Waals surface area contributed by atoms with Crippen LogP contribution < -0.4 is 0 Å². The number of rotatable bonds is 6. The van der Waals surface area contributed by atoms with Crippen LogP contribution in [0.15, 0.2) is 0 Å². The first-order valence-electron chi connectivity index (χ1n) is 4.92. The van der Waals surface area contributed by atoms with E-state index in [9.17, 15) is 10.2 Å². The zero-order valence-electron chi connectivity index (χ0n) is 8.51. The van der Waals surface area contributed by atoms with E-state index in [0.29, 0.717) is 6.42 Å². The molecular weight excluding hydrogens is 152 g/mol. The summed E-state index contributed by atoms with van der Waals surface area (Å²) < 4.78 is 0. The van der Waals surface area contributed by atoms with E-state index in [4.69, 9.17) is 0 Å². The van der Waals surface area contributed by atoms with Gasteiger partial charge in [0.25, 0.3) is 0 Å². The molecule has 0 saturated carbocycles. The van der Waals surface area contributed by atoms with Crippen molar-refractivity contribution in [3.8, 4) is 0 Å². The molecule has 0 fully saturated rings. The van der Waals surface area contributed by atoms with Gasteiger partial charge in [-0.25, -0.2) is 0 Å². The van der Waals surface area contributed by atoms with Crippen molar-refractivity contribution in [2.75, 3.05) is 0 Å². The van der Waals surface area contributed by atoms with Crippen molar-refractivity contribution in [2.24, 2.45) is 0 Å². The molecule has 2 unspecified atom stereocenters. The second-order valence-electron chi connectivity index (χ2n) is 3.89. The van der Waals surface area contributed by atoms with E-state index in [2.05, 4.69) is 0 Å². The molecule has 2 N–H and O–H groups in total. The average molecular weight is 174 g/mol. The third-order valence-electron chi connectivity index (χ3n) is 2.09. The predicted molar refractivity (Wildman–Crippen MR) is 51.1 cm³/mol. The third-order valence-corrected chi connectivity index (χ3v) is 2.09. The Morgan fingerprint density at radius 3 is 2.25 bits per heavy atom. The lowest BCUT2D eigenvalue weighted by atomic mass is 9.92. The highest BCUT2D eigenvalue weighted by Gasteiger charge is 2.22. The van der Waals surface area contributed by atoms with Crippen LogP contribution in [0.4, 0.5) is 0 Å². The van der Waals surface area contributed by atoms with Crippen molar-refractivity contribution in [3.05, 3.63) is 0 Å². The molecule has 0 spiro atoms. The topological polar surface area (TPSA) is 40.5 Å². The minimum atomic E-state index is -0.677. The van der Waals surface area contributed by atoms with Crippen molar-refractivity contribution in [1.29, 1.82) is 0 Å². The molecule has 0 bridgehead atoms. The Morgan fingerprint density at radius 1 is 1.25 bits per heavy atom. The summed E-state index contributed by atoms with van der Waals surface area (Å²) in [6.07, 6.45) is 3.67. The maximum atomic E-state index is 9.75. The summed E-state index contributed by atoms with van der Waals surface area (Å²) in [5.74, 6) is 0. The summed E-state index contributed by atoms with van der Waals surface area (Å²) in [6.45, 7) is 5.88. The van der Waals surface area contributed by atoms with Crippen molar-refractivity contribution < 1.29 is 10.2 Å². The SMILES string of the molecule is CCCC(O)CC(C)(O)CCC. The maximum absolute atomic E-state index is 9.75. The lowest BCUT2D eigenvalue weighted by molar-refractivity contribution is -0.00525. The van der Waals surface area contributed by atoms with Crippen LogP contribution in [-0.4, -0.2) is 21.9 Å². The molecule has 0 aliphatic carbocycles. The first-order valence-corrected chi connectivity index (χ1v) is 4.92. The Labute approximate surface area is 75.6 Å². The van der Waals surface area contributed by atoms with Gasteiger partial charge in [-0.05, 0) is 19.8 Å². The van der Waals surface area contributed by atoms with Gasteiger partial charge in [0.1, 0.15) is 0 Å². The molecule has 2 heteroatoms. The molecule has 0 aromatic heterocycles. The van der Waals surface area contributed by atoms with Crippen LogP contribution in [0.3, 0.4) is 0 Å². The molecule has 0 aromatic rings. The summed E-state index contributed by atoms with van der Waals surface area (Å²) >= 11 is 0. The smallest absolute Gasteiger partial charge is 0.0644 e. The first-order chi connectivity index (χ1) is 5.52. The van der Waals surface area contributed by atoms with E-state index in [1.165, 1.54) is 0 Å². The van der Waals surface area contributed by atoms with Gasteiger partial charge in [-0.1, -0.05) is 26.7 Å². The second kappa shape index (κ2) is 5.55. The number of hydrogen-bond acceptors (Lipinski definition) is 2. The highest BCUT2D eigenvalue weighted by Crippen LogP contribution is 2.20. The molecule has 0 rings (SSSR count). The summed E-state index contributed by atoms with van der Waals surface area (Å²) in [7, 11) is 0. The molecule has 2 atom stereocenters. The molecule has 0 heterocycles.